The number of hydrogen-bond donors (Lipinski definition) is 2. The number of sulfonamides is 1. The molecular weight excluding hydrogens is 488 g/mol. The van der Waals surface area contributed by atoms with Crippen LogP contribution in [0, 0.1) is 20.8 Å². The van der Waals surface area contributed by atoms with Crippen LogP contribution < -0.4 is 9.46 Å². The van der Waals surface area contributed by atoms with Gasteiger partial charge in [0.2, 0.25) is 5.88 Å². The topological polar surface area (TPSA) is 114 Å². The van der Waals surface area contributed by atoms with E-state index in [-0.39, 0.29) is 16.5 Å². The maximum Gasteiger partial charge on any atom is 0.281 e. The first-order valence-electron chi connectivity index (χ1n) is 11.5. The molecule has 2 N–H and O–H groups in total. The lowest BCUT2D eigenvalue weighted by molar-refractivity contribution is 0.0978. The first kappa shape index (κ1) is 24.2. The van der Waals surface area contributed by atoms with Gasteiger partial charge in [0.1, 0.15) is 11.3 Å². The molecule has 186 valence electrons. The molecule has 0 saturated carbocycles. The van der Waals surface area contributed by atoms with Crippen molar-refractivity contribution in [1.29, 1.82) is 0 Å². The summed E-state index contributed by atoms with van der Waals surface area (Å²) in [4.78, 5) is 25.0. The highest BCUT2D eigenvalue weighted by molar-refractivity contribution is 7.90. The average Bonchev–Trinajstić information content (AvgIpc) is 3.35. The van der Waals surface area contributed by atoms with Crippen LogP contribution >= 0.6 is 0 Å². The Hall–Kier alpha value is -4.50. The standard InChI is InChI=1S/C28H24N4O4S/c1-17-15-18(2)26(19(3)16-17)36-28-22(27(33)32-37(34,35)25-9-4-5-13-30-25)10-11-24(31-28)20-7-6-8-23-21(20)12-14-29-23/h4-16,29H,1-3H3,(H,32,33). The average molecular weight is 513 g/mol. The number of aryl methyl sites for hydroxylation is 3. The predicted octanol–water partition coefficient (Wildman–Crippen LogP) is 5.46. The summed E-state index contributed by atoms with van der Waals surface area (Å²) in [5.41, 5.74) is 5.14. The minimum atomic E-state index is -4.20. The van der Waals surface area contributed by atoms with Crippen LogP contribution in [0.3, 0.4) is 0 Å². The Balaban J connectivity index is 1.61. The van der Waals surface area contributed by atoms with Crippen molar-refractivity contribution in [3.8, 4) is 22.9 Å². The number of aromatic amines is 1. The molecule has 5 rings (SSSR count). The fraction of sp³-hybridized carbons (Fsp3) is 0.107. The number of hydrogen-bond acceptors (Lipinski definition) is 6. The van der Waals surface area contributed by atoms with E-state index in [4.69, 9.17) is 4.74 Å². The van der Waals surface area contributed by atoms with Gasteiger partial charge >= 0.3 is 0 Å². The Labute approximate surface area is 214 Å². The molecule has 0 aliphatic carbocycles. The summed E-state index contributed by atoms with van der Waals surface area (Å²) in [6.45, 7) is 5.80. The first-order chi connectivity index (χ1) is 17.7. The summed E-state index contributed by atoms with van der Waals surface area (Å²) in [6, 6.07) is 19.3. The van der Waals surface area contributed by atoms with Gasteiger partial charge in [0.15, 0.2) is 5.03 Å². The molecule has 0 saturated heterocycles. The van der Waals surface area contributed by atoms with E-state index in [1.807, 2.05) is 63.4 Å². The zero-order valence-electron chi connectivity index (χ0n) is 20.4. The van der Waals surface area contributed by atoms with Crippen molar-refractivity contribution in [2.45, 2.75) is 25.8 Å². The molecule has 5 aromatic rings. The summed E-state index contributed by atoms with van der Waals surface area (Å²) in [7, 11) is -4.20. The van der Waals surface area contributed by atoms with Crippen LogP contribution in [0.1, 0.15) is 27.0 Å². The third kappa shape index (κ3) is 4.81. The minimum absolute atomic E-state index is 0.00573. The maximum atomic E-state index is 13.2. The Morgan fingerprint density at radius 3 is 2.46 bits per heavy atom. The Kier molecular flexibility index (Phi) is 6.22. The van der Waals surface area contributed by atoms with Crippen LogP contribution in [-0.2, 0) is 10.0 Å². The minimum Gasteiger partial charge on any atom is -0.438 e. The quantitative estimate of drug-likeness (QED) is 0.312. The van der Waals surface area contributed by atoms with Crippen molar-refractivity contribution < 1.29 is 17.9 Å². The van der Waals surface area contributed by atoms with Gasteiger partial charge in [-0.2, -0.15) is 8.42 Å². The monoisotopic (exact) mass is 512 g/mol. The summed E-state index contributed by atoms with van der Waals surface area (Å²) in [5.74, 6) is -0.326. The van der Waals surface area contributed by atoms with Crippen LogP contribution in [0.4, 0.5) is 0 Å². The SMILES string of the molecule is Cc1cc(C)c(Oc2nc(-c3cccc4[nH]ccc34)ccc2C(=O)NS(=O)(=O)c2ccccn2)c(C)c1. The van der Waals surface area contributed by atoms with Crippen molar-refractivity contribution in [2.24, 2.45) is 0 Å². The van der Waals surface area contributed by atoms with Crippen molar-refractivity contribution >= 4 is 26.8 Å². The molecule has 0 fully saturated rings. The summed E-state index contributed by atoms with van der Waals surface area (Å²) in [6.07, 6.45) is 3.18. The van der Waals surface area contributed by atoms with Gasteiger partial charge in [-0.3, -0.25) is 4.79 Å². The molecule has 2 aromatic carbocycles. The van der Waals surface area contributed by atoms with Crippen molar-refractivity contribution in [3.05, 3.63) is 101 Å². The highest BCUT2D eigenvalue weighted by Gasteiger charge is 2.24. The van der Waals surface area contributed by atoms with E-state index in [9.17, 15) is 13.2 Å². The third-order valence-electron chi connectivity index (χ3n) is 5.92. The second kappa shape index (κ2) is 9.51. The normalized spacial score (nSPS) is 11.4. The molecule has 3 aromatic heterocycles. The van der Waals surface area contributed by atoms with Gasteiger partial charge < -0.3 is 9.72 Å². The zero-order valence-corrected chi connectivity index (χ0v) is 21.3. The molecule has 1 amide bonds. The summed E-state index contributed by atoms with van der Waals surface area (Å²) in [5, 5.41) is 0.693. The zero-order chi connectivity index (χ0) is 26.2. The number of H-pyrrole nitrogens is 1. The summed E-state index contributed by atoms with van der Waals surface area (Å²) >= 11 is 0. The predicted molar refractivity (Wildman–Crippen MR) is 141 cm³/mol. The molecule has 9 heteroatoms. The van der Waals surface area contributed by atoms with E-state index in [2.05, 4.69) is 19.7 Å². The Bertz CT molecular complexity index is 1720. The first-order valence-corrected chi connectivity index (χ1v) is 13.0. The number of pyridine rings is 2. The van der Waals surface area contributed by atoms with E-state index in [0.717, 1.165) is 33.2 Å². The number of benzene rings is 2. The number of rotatable bonds is 6. The van der Waals surface area contributed by atoms with Gasteiger partial charge in [-0.1, -0.05) is 35.9 Å². The van der Waals surface area contributed by atoms with Crippen LogP contribution in [0.15, 0.2) is 84.1 Å². The highest BCUT2D eigenvalue weighted by Crippen LogP contribution is 2.34. The number of nitrogens with zero attached hydrogens (tertiary/aromatic N) is 2. The third-order valence-corrected chi connectivity index (χ3v) is 7.17. The number of carbonyl (C=O) groups is 1. The van der Waals surface area contributed by atoms with Crippen LogP contribution in [0.25, 0.3) is 22.2 Å². The Morgan fingerprint density at radius 1 is 0.946 bits per heavy atom. The lowest BCUT2D eigenvalue weighted by Gasteiger charge is -2.16. The van der Waals surface area contributed by atoms with E-state index < -0.39 is 15.9 Å². The number of ether oxygens (including phenoxy) is 1. The fourth-order valence-corrected chi connectivity index (χ4v) is 5.23. The second-order valence-corrected chi connectivity index (χ2v) is 10.4. The maximum absolute atomic E-state index is 13.2. The van der Waals surface area contributed by atoms with Crippen LogP contribution in [0.2, 0.25) is 0 Å². The van der Waals surface area contributed by atoms with E-state index >= 15 is 0 Å². The number of carbonyl (C=O) groups excluding carboxylic acids is 1. The summed E-state index contributed by atoms with van der Waals surface area (Å²) < 4.78 is 33.9. The number of aromatic nitrogens is 3. The van der Waals surface area contributed by atoms with Gasteiger partial charge in [-0.15, -0.1) is 0 Å². The molecule has 0 bridgehead atoms. The van der Waals surface area contributed by atoms with Crippen LogP contribution in [0.5, 0.6) is 11.6 Å². The largest absolute Gasteiger partial charge is 0.438 e. The van der Waals surface area contributed by atoms with Gasteiger partial charge in [-0.25, -0.2) is 14.7 Å². The molecule has 0 spiro atoms. The van der Waals surface area contributed by atoms with E-state index in [1.165, 1.54) is 24.4 Å². The van der Waals surface area contributed by atoms with Crippen molar-refractivity contribution in [1.82, 2.24) is 19.7 Å². The molecule has 0 radical (unpaired) electrons. The van der Waals surface area contributed by atoms with E-state index in [1.54, 1.807) is 12.1 Å². The molecule has 0 aliphatic rings. The van der Waals surface area contributed by atoms with E-state index in [0.29, 0.717) is 11.4 Å². The highest BCUT2D eigenvalue weighted by atomic mass is 32.2. The molecule has 37 heavy (non-hydrogen) atoms. The van der Waals surface area contributed by atoms with Crippen molar-refractivity contribution in [3.63, 3.8) is 0 Å². The van der Waals surface area contributed by atoms with Crippen LogP contribution in [-0.4, -0.2) is 29.3 Å². The molecule has 0 aliphatic heterocycles. The number of nitrogens with one attached hydrogen (secondary N) is 2. The van der Waals surface area contributed by atoms with Crippen molar-refractivity contribution in [2.75, 3.05) is 0 Å². The molecule has 8 nitrogen and oxygen atoms in total. The van der Waals surface area contributed by atoms with Gasteiger partial charge in [0.05, 0.1) is 5.69 Å². The smallest absolute Gasteiger partial charge is 0.281 e. The second-order valence-electron chi connectivity index (χ2n) is 8.73. The van der Waals surface area contributed by atoms with Gasteiger partial charge in [0, 0.05) is 28.9 Å². The molecule has 3 heterocycles. The molecule has 0 atom stereocenters. The van der Waals surface area contributed by atoms with Gasteiger partial charge in [-0.05, 0) is 68.3 Å². The van der Waals surface area contributed by atoms with Gasteiger partial charge in [0.25, 0.3) is 15.9 Å². The lowest BCUT2D eigenvalue weighted by Crippen LogP contribution is -2.31. The molecular formula is C28H24N4O4S. The number of fused-ring (bicyclic) bond motifs is 1. The molecule has 0 unspecified atom stereocenters. The lowest BCUT2D eigenvalue weighted by atomic mass is 10.1. The fourth-order valence-electron chi connectivity index (χ4n) is 4.31. The Morgan fingerprint density at radius 2 is 1.73 bits per heavy atom. The number of amides is 1.